The van der Waals surface area contributed by atoms with Gasteiger partial charge in [-0.25, -0.2) is 8.42 Å². The van der Waals surface area contributed by atoms with E-state index in [9.17, 15) is 8.42 Å². The Morgan fingerprint density at radius 3 is 2.43 bits per heavy atom. The second kappa shape index (κ2) is 7.13. The standard InChI is InChI=1S/C15H23NO4S/c1-19-14-4-2-3-5-15(14)20-11-13(10-16)12-6-8-21(17,18)9-7-12/h2-5,12-13H,6-11,16H2,1H3. The molecule has 1 aromatic carbocycles. The van der Waals surface area contributed by atoms with E-state index >= 15 is 0 Å². The van der Waals surface area contributed by atoms with Gasteiger partial charge in [0, 0.05) is 5.92 Å². The van der Waals surface area contributed by atoms with E-state index < -0.39 is 9.84 Å². The van der Waals surface area contributed by atoms with Gasteiger partial charge < -0.3 is 15.2 Å². The minimum absolute atomic E-state index is 0.172. The number of sulfone groups is 1. The molecule has 0 spiro atoms. The van der Waals surface area contributed by atoms with Gasteiger partial charge in [0.05, 0.1) is 25.2 Å². The quantitative estimate of drug-likeness (QED) is 0.860. The molecule has 1 saturated heterocycles. The molecule has 1 heterocycles. The smallest absolute Gasteiger partial charge is 0.161 e. The molecule has 1 unspecified atom stereocenters. The molecule has 1 aromatic rings. The number of benzene rings is 1. The van der Waals surface area contributed by atoms with Gasteiger partial charge in [0.25, 0.3) is 0 Å². The lowest BCUT2D eigenvalue weighted by atomic mass is 9.88. The van der Waals surface area contributed by atoms with Crippen molar-refractivity contribution >= 4 is 9.84 Å². The first-order valence-corrected chi connectivity index (χ1v) is 9.04. The van der Waals surface area contributed by atoms with Crippen LogP contribution in [0.15, 0.2) is 24.3 Å². The summed E-state index contributed by atoms with van der Waals surface area (Å²) in [4.78, 5) is 0. The predicted octanol–water partition coefficient (Wildman–Crippen LogP) is 1.47. The zero-order chi connectivity index (χ0) is 15.3. The second-order valence-corrected chi connectivity index (χ2v) is 7.75. The number of para-hydroxylation sites is 2. The van der Waals surface area contributed by atoms with Gasteiger partial charge in [0.15, 0.2) is 11.5 Å². The summed E-state index contributed by atoms with van der Waals surface area (Å²) in [5, 5.41) is 0. The highest BCUT2D eigenvalue weighted by Crippen LogP contribution is 2.29. The second-order valence-electron chi connectivity index (χ2n) is 5.45. The van der Waals surface area contributed by atoms with E-state index in [0.717, 1.165) is 0 Å². The predicted molar refractivity (Wildman–Crippen MR) is 82.4 cm³/mol. The Bertz CT molecular complexity index is 545. The molecule has 0 amide bonds. The van der Waals surface area contributed by atoms with Crippen molar-refractivity contribution in [2.75, 3.05) is 31.8 Å². The van der Waals surface area contributed by atoms with Crippen molar-refractivity contribution in [1.29, 1.82) is 0 Å². The summed E-state index contributed by atoms with van der Waals surface area (Å²) in [5.74, 6) is 2.41. The lowest BCUT2D eigenvalue weighted by Crippen LogP contribution is -2.35. The van der Waals surface area contributed by atoms with Crippen LogP contribution in [0.2, 0.25) is 0 Å². The molecule has 6 heteroatoms. The van der Waals surface area contributed by atoms with Crippen LogP contribution in [0.3, 0.4) is 0 Å². The Morgan fingerprint density at radius 1 is 1.24 bits per heavy atom. The summed E-state index contributed by atoms with van der Waals surface area (Å²) in [6, 6.07) is 7.48. The third-order valence-electron chi connectivity index (χ3n) is 4.09. The Morgan fingerprint density at radius 2 is 1.86 bits per heavy atom. The monoisotopic (exact) mass is 313 g/mol. The number of rotatable bonds is 6. The van der Waals surface area contributed by atoms with Crippen LogP contribution in [0, 0.1) is 11.8 Å². The Kier molecular flexibility index (Phi) is 5.47. The molecule has 118 valence electrons. The summed E-state index contributed by atoms with van der Waals surface area (Å²) in [6.45, 7) is 0.988. The van der Waals surface area contributed by atoms with Crippen LogP contribution in [-0.4, -0.2) is 40.2 Å². The van der Waals surface area contributed by atoms with Gasteiger partial charge in [-0.15, -0.1) is 0 Å². The fraction of sp³-hybridized carbons (Fsp3) is 0.600. The summed E-state index contributed by atoms with van der Waals surface area (Å²) in [5.41, 5.74) is 5.85. The lowest BCUT2D eigenvalue weighted by Gasteiger charge is -2.29. The molecule has 0 bridgehead atoms. The zero-order valence-corrected chi connectivity index (χ0v) is 13.1. The third-order valence-corrected chi connectivity index (χ3v) is 5.81. The van der Waals surface area contributed by atoms with Gasteiger partial charge in [0.1, 0.15) is 9.84 Å². The van der Waals surface area contributed by atoms with Crippen LogP contribution in [0.4, 0.5) is 0 Å². The first kappa shape index (κ1) is 16.1. The van der Waals surface area contributed by atoms with E-state index in [1.807, 2.05) is 24.3 Å². The van der Waals surface area contributed by atoms with E-state index in [0.29, 0.717) is 43.4 Å². The van der Waals surface area contributed by atoms with E-state index in [1.54, 1.807) is 7.11 Å². The molecule has 2 N–H and O–H groups in total. The number of hydrogen-bond donors (Lipinski definition) is 1. The van der Waals surface area contributed by atoms with Crippen molar-refractivity contribution in [3.05, 3.63) is 24.3 Å². The highest BCUT2D eigenvalue weighted by atomic mass is 32.2. The normalized spacial score (nSPS) is 19.9. The van der Waals surface area contributed by atoms with Crippen LogP contribution in [0.1, 0.15) is 12.8 Å². The van der Waals surface area contributed by atoms with Crippen molar-refractivity contribution in [2.24, 2.45) is 17.6 Å². The van der Waals surface area contributed by atoms with Crippen molar-refractivity contribution in [2.45, 2.75) is 12.8 Å². The molecular formula is C15H23NO4S. The average Bonchev–Trinajstić information content (AvgIpc) is 2.49. The molecule has 2 rings (SSSR count). The maximum atomic E-state index is 11.5. The Labute approximate surface area is 126 Å². The summed E-state index contributed by atoms with van der Waals surface area (Å²) >= 11 is 0. The van der Waals surface area contributed by atoms with Crippen LogP contribution in [-0.2, 0) is 9.84 Å². The third kappa shape index (κ3) is 4.35. The van der Waals surface area contributed by atoms with Gasteiger partial charge in [-0.3, -0.25) is 0 Å². The number of methoxy groups -OCH3 is 1. The SMILES string of the molecule is COc1ccccc1OCC(CN)C1CCS(=O)(=O)CC1. The fourth-order valence-corrected chi connectivity index (χ4v) is 4.24. The van der Waals surface area contributed by atoms with Gasteiger partial charge in [-0.1, -0.05) is 12.1 Å². The topological polar surface area (TPSA) is 78.6 Å². The summed E-state index contributed by atoms with van der Waals surface area (Å²) in [6.07, 6.45) is 1.36. The molecule has 0 aromatic heterocycles. The van der Waals surface area contributed by atoms with Gasteiger partial charge in [-0.05, 0) is 37.4 Å². The highest BCUT2D eigenvalue weighted by Gasteiger charge is 2.29. The van der Waals surface area contributed by atoms with Gasteiger partial charge >= 0.3 is 0 Å². The molecule has 1 aliphatic rings. The summed E-state index contributed by atoms with van der Waals surface area (Å²) in [7, 11) is -1.23. The van der Waals surface area contributed by atoms with Crippen molar-refractivity contribution in [1.82, 2.24) is 0 Å². The number of ether oxygens (including phenoxy) is 2. The minimum atomic E-state index is -2.84. The maximum Gasteiger partial charge on any atom is 0.161 e. The molecular weight excluding hydrogens is 290 g/mol. The average molecular weight is 313 g/mol. The largest absolute Gasteiger partial charge is 0.493 e. The zero-order valence-electron chi connectivity index (χ0n) is 12.3. The van der Waals surface area contributed by atoms with Crippen LogP contribution >= 0.6 is 0 Å². The van der Waals surface area contributed by atoms with E-state index in [4.69, 9.17) is 15.2 Å². The molecule has 1 aliphatic heterocycles. The fourth-order valence-electron chi connectivity index (χ4n) is 2.71. The van der Waals surface area contributed by atoms with Crippen molar-refractivity contribution < 1.29 is 17.9 Å². The Hall–Kier alpha value is -1.27. The Balaban J connectivity index is 1.94. The van der Waals surface area contributed by atoms with Gasteiger partial charge in [0.2, 0.25) is 0 Å². The first-order chi connectivity index (χ1) is 10.1. The first-order valence-electron chi connectivity index (χ1n) is 7.22. The highest BCUT2D eigenvalue weighted by molar-refractivity contribution is 7.91. The van der Waals surface area contributed by atoms with E-state index in [-0.39, 0.29) is 17.4 Å². The molecule has 1 atom stereocenters. The van der Waals surface area contributed by atoms with Crippen LogP contribution < -0.4 is 15.2 Å². The molecule has 0 radical (unpaired) electrons. The number of hydrogen-bond acceptors (Lipinski definition) is 5. The lowest BCUT2D eigenvalue weighted by molar-refractivity contribution is 0.184. The van der Waals surface area contributed by atoms with Crippen molar-refractivity contribution in [3.8, 4) is 11.5 Å². The van der Waals surface area contributed by atoms with E-state index in [1.165, 1.54) is 0 Å². The van der Waals surface area contributed by atoms with Crippen LogP contribution in [0.25, 0.3) is 0 Å². The molecule has 5 nitrogen and oxygen atoms in total. The van der Waals surface area contributed by atoms with E-state index in [2.05, 4.69) is 0 Å². The van der Waals surface area contributed by atoms with Crippen molar-refractivity contribution in [3.63, 3.8) is 0 Å². The molecule has 0 aliphatic carbocycles. The van der Waals surface area contributed by atoms with Gasteiger partial charge in [-0.2, -0.15) is 0 Å². The molecule has 1 fully saturated rings. The minimum Gasteiger partial charge on any atom is -0.493 e. The van der Waals surface area contributed by atoms with Crippen LogP contribution in [0.5, 0.6) is 11.5 Å². The number of nitrogens with two attached hydrogens (primary N) is 1. The molecule has 21 heavy (non-hydrogen) atoms. The summed E-state index contributed by atoms with van der Waals surface area (Å²) < 4.78 is 34.1. The molecule has 0 saturated carbocycles. The maximum absolute atomic E-state index is 11.5.